The molecule has 0 aliphatic heterocycles. The molecule has 1 atom stereocenters. The van der Waals surface area contributed by atoms with Crippen LogP contribution in [0.1, 0.15) is 37.9 Å². The van der Waals surface area contributed by atoms with Crippen LogP contribution in [0, 0.1) is 5.92 Å². The van der Waals surface area contributed by atoms with Crippen molar-refractivity contribution in [3.8, 4) is 0 Å². The SMILES string of the molecule is Cn1nnc(CNCC2CC/C=C\CCC2)n1. The lowest BCUT2D eigenvalue weighted by atomic mass is 9.94. The van der Waals surface area contributed by atoms with Gasteiger partial charge in [0.05, 0.1) is 13.6 Å². The van der Waals surface area contributed by atoms with Gasteiger partial charge in [-0.15, -0.1) is 10.2 Å². The fourth-order valence-corrected chi connectivity index (χ4v) is 2.22. The average molecular weight is 235 g/mol. The van der Waals surface area contributed by atoms with Crippen molar-refractivity contribution in [1.29, 1.82) is 0 Å². The molecule has 2 rings (SSSR count). The van der Waals surface area contributed by atoms with E-state index >= 15 is 0 Å². The highest BCUT2D eigenvalue weighted by Gasteiger charge is 2.09. The Hall–Kier alpha value is -1.23. The Morgan fingerprint density at radius 3 is 3.06 bits per heavy atom. The van der Waals surface area contributed by atoms with Crippen molar-refractivity contribution in [2.45, 2.75) is 38.6 Å². The molecular weight excluding hydrogens is 214 g/mol. The van der Waals surface area contributed by atoms with Gasteiger partial charge in [0.15, 0.2) is 5.82 Å². The molecule has 1 aromatic heterocycles. The maximum atomic E-state index is 4.15. The third kappa shape index (κ3) is 4.26. The highest BCUT2D eigenvalue weighted by Crippen LogP contribution is 2.17. The van der Waals surface area contributed by atoms with E-state index < -0.39 is 0 Å². The molecule has 94 valence electrons. The van der Waals surface area contributed by atoms with E-state index in [-0.39, 0.29) is 0 Å². The fourth-order valence-electron chi connectivity index (χ4n) is 2.22. The quantitative estimate of drug-likeness (QED) is 0.802. The Morgan fingerprint density at radius 1 is 1.35 bits per heavy atom. The molecule has 0 amide bonds. The Bertz CT molecular complexity index is 358. The van der Waals surface area contributed by atoms with Crippen LogP contribution < -0.4 is 5.32 Å². The van der Waals surface area contributed by atoms with Gasteiger partial charge in [0.2, 0.25) is 0 Å². The van der Waals surface area contributed by atoms with Gasteiger partial charge in [-0.25, -0.2) is 0 Å². The Morgan fingerprint density at radius 2 is 2.24 bits per heavy atom. The number of allylic oxidation sites excluding steroid dienone is 2. The third-order valence-corrected chi connectivity index (χ3v) is 3.16. The van der Waals surface area contributed by atoms with E-state index in [2.05, 4.69) is 32.9 Å². The van der Waals surface area contributed by atoms with Crippen molar-refractivity contribution in [2.24, 2.45) is 13.0 Å². The van der Waals surface area contributed by atoms with Crippen LogP contribution in [0.15, 0.2) is 12.2 Å². The van der Waals surface area contributed by atoms with Crippen molar-refractivity contribution < 1.29 is 0 Å². The molecular formula is C12H21N5. The van der Waals surface area contributed by atoms with E-state index in [1.807, 2.05) is 0 Å². The zero-order valence-electron chi connectivity index (χ0n) is 10.5. The Labute approximate surface area is 102 Å². The van der Waals surface area contributed by atoms with Gasteiger partial charge in [0.25, 0.3) is 0 Å². The molecule has 5 nitrogen and oxygen atoms in total. The fraction of sp³-hybridized carbons (Fsp3) is 0.750. The van der Waals surface area contributed by atoms with E-state index in [1.165, 1.54) is 36.9 Å². The summed E-state index contributed by atoms with van der Waals surface area (Å²) < 4.78 is 0. The van der Waals surface area contributed by atoms with Crippen LogP contribution in [0.3, 0.4) is 0 Å². The number of hydrogen-bond donors (Lipinski definition) is 1. The molecule has 17 heavy (non-hydrogen) atoms. The molecule has 0 saturated heterocycles. The summed E-state index contributed by atoms with van der Waals surface area (Å²) in [4.78, 5) is 1.50. The van der Waals surface area contributed by atoms with Crippen LogP contribution in [0.4, 0.5) is 0 Å². The molecule has 1 aliphatic carbocycles. The minimum atomic E-state index is 0.722. The third-order valence-electron chi connectivity index (χ3n) is 3.16. The second-order valence-electron chi connectivity index (χ2n) is 4.67. The number of tetrazole rings is 1. The van der Waals surface area contributed by atoms with Crippen molar-refractivity contribution in [3.63, 3.8) is 0 Å². The van der Waals surface area contributed by atoms with Crippen molar-refractivity contribution in [2.75, 3.05) is 6.54 Å². The van der Waals surface area contributed by atoms with Crippen LogP contribution in [0.5, 0.6) is 0 Å². The Kier molecular flexibility index (Phi) is 4.67. The second kappa shape index (κ2) is 6.49. The molecule has 0 spiro atoms. The van der Waals surface area contributed by atoms with Gasteiger partial charge in [0.1, 0.15) is 0 Å². The van der Waals surface area contributed by atoms with Crippen LogP contribution in [0.25, 0.3) is 0 Å². The molecule has 0 fully saturated rings. The molecule has 0 saturated carbocycles. The summed E-state index contributed by atoms with van der Waals surface area (Å²) in [5.74, 6) is 1.56. The van der Waals surface area contributed by atoms with Gasteiger partial charge in [-0.05, 0) is 49.8 Å². The van der Waals surface area contributed by atoms with E-state index in [0.29, 0.717) is 0 Å². The highest BCUT2D eigenvalue weighted by molar-refractivity contribution is 4.85. The molecule has 1 aliphatic rings. The van der Waals surface area contributed by atoms with Gasteiger partial charge in [-0.1, -0.05) is 12.2 Å². The normalized spacial score (nSPS) is 23.0. The number of aryl methyl sites for hydroxylation is 1. The van der Waals surface area contributed by atoms with Crippen molar-refractivity contribution >= 4 is 0 Å². The van der Waals surface area contributed by atoms with Gasteiger partial charge in [0, 0.05) is 0 Å². The minimum Gasteiger partial charge on any atom is -0.309 e. The molecule has 1 heterocycles. The van der Waals surface area contributed by atoms with Crippen molar-refractivity contribution in [1.82, 2.24) is 25.5 Å². The molecule has 1 aromatic rings. The van der Waals surface area contributed by atoms with E-state index in [0.717, 1.165) is 24.8 Å². The van der Waals surface area contributed by atoms with E-state index in [4.69, 9.17) is 0 Å². The average Bonchev–Trinajstić information content (AvgIpc) is 2.67. The Balaban J connectivity index is 1.68. The number of aromatic nitrogens is 4. The summed E-state index contributed by atoms with van der Waals surface area (Å²) in [6, 6.07) is 0. The zero-order chi connectivity index (χ0) is 11.9. The lowest BCUT2D eigenvalue weighted by molar-refractivity contribution is 0.403. The first-order chi connectivity index (χ1) is 8.34. The van der Waals surface area contributed by atoms with E-state index in [9.17, 15) is 0 Å². The molecule has 0 radical (unpaired) electrons. The first kappa shape index (κ1) is 12.2. The van der Waals surface area contributed by atoms with Crippen LogP contribution in [-0.4, -0.2) is 26.8 Å². The predicted octanol–water partition coefficient (Wildman–Crippen LogP) is 1.44. The number of hydrogen-bond acceptors (Lipinski definition) is 4. The van der Waals surface area contributed by atoms with E-state index in [1.54, 1.807) is 7.05 Å². The monoisotopic (exact) mass is 235 g/mol. The smallest absolute Gasteiger partial charge is 0.188 e. The molecule has 5 heteroatoms. The largest absolute Gasteiger partial charge is 0.309 e. The number of nitrogens with one attached hydrogen (secondary N) is 1. The first-order valence-electron chi connectivity index (χ1n) is 6.43. The minimum absolute atomic E-state index is 0.722. The van der Waals surface area contributed by atoms with Gasteiger partial charge >= 0.3 is 0 Å². The first-order valence-corrected chi connectivity index (χ1v) is 6.43. The summed E-state index contributed by atoms with van der Waals surface area (Å²) in [5.41, 5.74) is 0. The van der Waals surface area contributed by atoms with Gasteiger partial charge < -0.3 is 5.32 Å². The van der Waals surface area contributed by atoms with Gasteiger partial charge in [-0.3, -0.25) is 0 Å². The standard InChI is InChI=1S/C12H21N5/c1-17-15-12(14-16-17)10-13-9-11-7-5-3-2-4-6-8-11/h2-3,11,13H,4-10H2,1H3/b3-2-. The maximum absolute atomic E-state index is 4.15. The number of rotatable bonds is 4. The summed E-state index contributed by atoms with van der Waals surface area (Å²) in [5, 5.41) is 15.4. The summed E-state index contributed by atoms with van der Waals surface area (Å²) in [7, 11) is 1.79. The molecule has 1 N–H and O–H groups in total. The zero-order valence-corrected chi connectivity index (χ0v) is 10.5. The molecule has 0 aromatic carbocycles. The molecule has 1 unspecified atom stereocenters. The topological polar surface area (TPSA) is 55.6 Å². The van der Waals surface area contributed by atoms with Crippen LogP contribution in [-0.2, 0) is 13.6 Å². The highest BCUT2D eigenvalue weighted by atomic mass is 15.6. The predicted molar refractivity (Wildman–Crippen MR) is 66.2 cm³/mol. The lowest BCUT2D eigenvalue weighted by Gasteiger charge is -2.17. The maximum Gasteiger partial charge on any atom is 0.188 e. The molecule has 0 bridgehead atoms. The lowest BCUT2D eigenvalue weighted by Crippen LogP contribution is -2.23. The van der Waals surface area contributed by atoms with Crippen LogP contribution >= 0.6 is 0 Å². The van der Waals surface area contributed by atoms with Crippen molar-refractivity contribution in [3.05, 3.63) is 18.0 Å². The van der Waals surface area contributed by atoms with Crippen LogP contribution in [0.2, 0.25) is 0 Å². The second-order valence-corrected chi connectivity index (χ2v) is 4.67. The van der Waals surface area contributed by atoms with Gasteiger partial charge in [-0.2, -0.15) is 4.80 Å². The summed E-state index contributed by atoms with van der Waals surface area (Å²) in [6.07, 6.45) is 11.0. The summed E-state index contributed by atoms with van der Waals surface area (Å²) >= 11 is 0. The summed E-state index contributed by atoms with van der Waals surface area (Å²) in [6.45, 7) is 1.78. The number of nitrogens with zero attached hydrogens (tertiary/aromatic N) is 4.